The first-order valence-corrected chi connectivity index (χ1v) is 9.05. The predicted molar refractivity (Wildman–Crippen MR) is 110 cm³/mol. The van der Waals surface area contributed by atoms with E-state index in [0.717, 1.165) is 5.69 Å². The van der Waals surface area contributed by atoms with Gasteiger partial charge in [0, 0.05) is 18.8 Å². The Balaban J connectivity index is 1.56. The number of halogens is 2. The molecule has 140 valence electrons. The molecule has 0 amide bonds. The fourth-order valence-corrected chi connectivity index (χ4v) is 2.43. The maximum atomic E-state index is 5.97. The SMILES string of the molecule is PNc1nc(Cl)nc(NCCNc2nc(Cl)nc(Nc3ccccc3)n2)n1. The third-order valence-corrected chi connectivity index (χ3v) is 3.66. The molecule has 1 atom stereocenters. The van der Waals surface area contributed by atoms with Gasteiger partial charge in [0.15, 0.2) is 0 Å². The molecule has 0 saturated heterocycles. The van der Waals surface area contributed by atoms with Crippen LogP contribution in [0.3, 0.4) is 0 Å². The van der Waals surface area contributed by atoms with Crippen molar-refractivity contribution in [2.45, 2.75) is 0 Å². The summed E-state index contributed by atoms with van der Waals surface area (Å²) in [6, 6.07) is 9.52. The number of anilines is 5. The van der Waals surface area contributed by atoms with Crippen LogP contribution in [0.1, 0.15) is 0 Å². The second-order valence-electron chi connectivity index (χ2n) is 4.99. The number of nitrogens with one attached hydrogen (secondary N) is 4. The van der Waals surface area contributed by atoms with E-state index in [1.165, 1.54) is 0 Å². The van der Waals surface area contributed by atoms with Crippen LogP contribution in [0.2, 0.25) is 10.6 Å². The minimum atomic E-state index is 0.0827. The number of benzene rings is 1. The van der Waals surface area contributed by atoms with E-state index >= 15 is 0 Å². The Hall–Kier alpha value is -2.55. The molecule has 3 aromatic rings. The van der Waals surface area contributed by atoms with Gasteiger partial charge >= 0.3 is 0 Å². The Morgan fingerprint density at radius 3 is 1.81 bits per heavy atom. The summed E-state index contributed by atoms with van der Waals surface area (Å²) in [5.74, 6) is 1.38. The molecule has 0 fully saturated rings. The predicted octanol–water partition coefficient (Wildman–Crippen LogP) is 2.83. The standard InChI is InChI=1S/C14H15Cl2N10P/c15-9-20-11(24-13(22-9)19-8-4-2-1-3-5-8)17-6-7-18-12-21-10(16)23-14(25-12)26-27/h1-5H,6-7,27H2,(H2,17,19,20,22,24)(H2,18,21,23,25,26). The van der Waals surface area contributed by atoms with Crippen molar-refractivity contribution >= 4 is 62.1 Å². The summed E-state index contributed by atoms with van der Waals surface area (Å²) in [4.78, 5) is 24.4. The summed E-state index contributed by atoms with van der Waals surface area (Å²) in [6.45, 7) is 0.972. The summed E-state index contributed by atoms with van der Waals surface area (Å²) in [5, 5.41) is 12.0. The Morgan fingerprint density at radius 2 is 1.22 bits per heavy atom. The van der Waals surface area contributed by atoms with Crippen LogP contribution in [0.4, 0.5) is 29.5 Å². The van der Waals surface area contributed by atoms with Gasteiger partial charge in [0.1, 0.15) is 0 Å². The van der Waals surface area contributed by atoms with E-state index in [0.29, 0.717) is 36.9 Å². The molecule has 0 aliphatic carbocycles. The van der Waals surface area contributed by atoms with E-state index < -0.39 is 0 Å². The van der Waals surface area contributed by atoms with Crippen LogP contribution in [-0.4, -0.2) is 43.0 Å². The molecule has 0 aliphatic heterocycles. The molecule has 13 heteroatoms. The molecule has 2 aromatic heterocycles. The van der Waals surface area contributed by atoms with Gasteiger partial charge in [0.25, 0.3) is 0 Å². The van der Waals surface area contributed by atoms with Crippen molar-refractivity contribution in [3.63, 3.8) is 0 Å². The molecular weight excluding hydrogens is 410 g/mol. The first-order chi connectivity index (χ1) is 13.1. The lowest BCUT2D eigenvalue weighted by molar-refractivity contribution is 0.969. The third kappa shape index (κ3) is 5.99. The van der Waals surface area contributed by atoms with Gasteiger partial charge in [-0.05, 0) is 44.7 Å². The van der Waals surface area contributed by atoms with Crippen molar-refractivity contribution in [2.75, 3.05) is 34.1 Å². The summed E-state index contributed by atoms with van der Waals surface area (Å²) in [5.41, 5.74) is 0.845. The Bertz CT molecular complexity index is 898. The second-order valence-corrected chi connectivity index (χ2v) is 5.96. The molecular formula is C14H15Cl2N10P. The van der Waals surface area contributed by atoms with Gasteiger partial charge in [-0.1, -0.05) is 18.2 Å². The lowest BCUT2D eigenvalue weighted by atomic mass is 10.3. The van der Waals surface area contributed by atoms with E-state index in [4.69, 9.17) is 23.2 Å². The van der Waals surface area contributed by atoms with E-state index in [-0.39, 0.29) is 10.6 Å². The highest BCUT2D eigenvalue weighted by Gasteiger charge is 2.06. The van der Waals surface area contributed by atoms with E-state index in [2.05, 4.69) is 60.3 Å². The first-order valence-electron chi connectivity index (χ1n) is 7.72. The fourth-order valence-electron chi connectivity index (χ4n) is 1.98. The Labute approximate surface area is 167 Å². The highest BCUT2D eigenvalue weighted by atomic mass is 35.5. The average molecular weight is 425 g/mol. The molecule has 0 spiro atoms. The molecule has 3 rings (SSSR count). The molecule has 1 unspecified atom stereocenters. The minimum absolute atomic E-state index is 0.0827. The van der Waals surface area contributed by atoms with E-state index in [1.807, 2.05) is 30.3 Å². The van der Waals surface area contributed by atoms with Crippen molar-refractivity contribution in [1.82, 2.24) is 29.9 Å². The number of hydrogen-bond acceptors (Lipinski definition) is 10. The lowest BCUT2D eigenvalue weighted by Crippen LogP contribution is -2.17. The first kappa shape index (κ1) is 19.2. The highest BCUT2D eigenvalue weighted by molar-refractivity contribution is 7.18. The molecule has 1 aromatic carbocycles. The largest absolute Gasteiger partial charge is 0.352 e. The van der Waals surface area contributed by atoms with Crippen LogP contribution in [0.5, 0.6) is 0 Å². The molecule has 0 saturated carbocycles. The normalized spacial score (nSPS) is 10.3. The Kier molecular flexibility index (Phi) is 6.69. The number of para-hydroxylation sites is 1. The number of aromatic nitrogens is 6. The highest BCUT2D eigenvalue weighted by Crippen LogP contribution is 2.15. The van der Waals surface area contributed by atoms with E-state index in [9.17, 15) is 0 Å². The molecule has 0 aliphatic rings. The number of rotatable bonds is 8. The summed E-state index contributed by atoms with van der Waals surface area (Å²) in [7, 11) is 2.29. The van der Waals surface area contributed by atoms with Crippen molar-refractivity contribution in [1.29, 1.82) is 0 Å². The number of nitrogens with zero attached hydrogens (tertiary/aromatic N) is 6. The monoisotopic (exact) mass is 424 g/mol. The van der Waals surface area contributed by atoms with Crippen LogP contribution in [0.15, 0.2) is 30.3 Å². The molecule has 27 heavy (non-hydrogen) atoms. The van der Waals surface area contributed by atoms with E-state index in [1.54, 1.807) is 0 Å². The maximum absolute atomic E-state index is 5.97. The second kappa shape index (κ2) is 9.40. The van der Waals surface area contributed by atoms with Gasteiger partial charge in [0.05, 0.1) is 0 Å². The quantitative estimate of drug-likeness (QED) is 0.316. The molecule has 2 heterocycles. The fraction of sp³-hybridized carbons (Fsp3) is 0.143. The summed E-state index contributed by atoms with van der Waals surface area (Å²) < 4.78 is 0. The van der Waals surface area contributed by atoms with Crippen LogP contribution < -0.4 is 21.0 Å². The van der Waals surface area contributed by atoms with Crippen LogP contribution in [0, 0.1) is 0 Å². The zero-order valence-corrected chi connectivity index (χ0v) is 16.5. The van der Waals surface area contributed by atoms with Crippen molar-refractivity contribution in [3.05, 3.63) is 40.9 Å². The van der Waals surface area contributed by atoms with Crippen molar-refractivity contribution in [3.8, 4) is 0 Å². The molecule has 0 bridgehead atoms. The van der Waals surface area contributed by atoms with Crippen LogP contribution in [0.25, 0.3) is 0 Å². The van der Waals surface area contributed by atoms with Gasteiger partial charge in [-0.2, -0.15) is 29.9 Å². The minimum Gasteiger partial charge on any atom is -0.352 e. The zero-order chi connectivity index (χ0) is 19.1. The topological polar surface area (TPSA) is 125 Å². The average Bonchev–Trinajstić information content (AvgIpc) is 2.65. The van der Waals surface area contributed by atoms with Crippen molar-refractivity contribution in [2.24, 2.45) is 0 Å². The van der Waals surface area contributed by atoms with Crippen LogP contribution >= 0.6 is 32.6 Å². The van der Waals surface area contributed by atoms with Gasteiger partial charge < -0.3 is 21.0 Å². The number of hydrogen-bond donors (Lipinski definition) is 4. The molecule has 0 radical (unpaired) electrons. The Morgan fingerprint density at radius 1 is 0.704 bits per heavy atom. The molecule has 10 nitrogen and oxygen atoms in total. The summed E-state index contributed by atoms with van der Waals surface area (Å²) >= 11 is 11.8. The van der Waals surface area contributed by atoms with Gasteiger partial charge in [-0.25, -0.2) is 0 Å². The van der Waals surface area contributed by atoms with Gasteiger partial charge in [-0.3, -0.25) is 0 Å². The third-order valence-electron chi connectivity index (χ3n) is 3.07. The maximum Gasteiger partial charge on any atom is 0.233 e. The van der Waals surface area contributed by atoms with Crippen molar-refractivity contribution < 1.29 is 0 Å². The van der Waals surface area contributed by atoms with Gasteiger partial charge in [0.2, 0.25) is 34.4 Å². The molecule has 4 N–H and O–H groups in total. The smallest absolute Gasteiger partial charge is 0.233 e. The lowest BCUT2D eigenvalue weighted by Gasteiger charge is -2.09. The zero-order valence-electron chi connectivity index (χ0n) is 13.8. The summed E-state index contributed by atoms with van der Waals surface area (Å²) in [6.07, 6.45) is 0. The van der Waals surface area contributed by atoms with Crippen LogP contribution in [-0.2, 0) is 0 Å². The van der Waals surface area contributed by atoms with Gasteiger partial charge in [-0.15, -0.1) is 0 Å².